The van der Waals surface area contributed by atoms with Crippen molar-refractivity contribution in [2.45, 2.75) is 57.1 Å². The van der Waals surface area contributed by atoms with Crippen molar-refractivity contribution in [1.29, 1.82) is 0 Å². The van der Waals surface area contributed by atoms with Crippen molar-refractivity contribution in [3.63, 3.8) is 0 Å². The van der Waals surface area contributed by atoms with Gasteiger partial charge in [0.05, 0.1) is 22.4 Å². The molecule has 1 aromatic rings. The molecule has 33 heavy (non-hydrogen) atoms. The predicted molar refractivity (Wildman–Crippen MR) is 123 cm³/mol. The van der Waals surface area contributed by atoms with Crippen LogP contribution in [0.25, 0.3) is 0 Å². The molecule has 1 atom stereocenters. The van der Waals surface area contributed by atoms with Gasteiger partial charge in [-0.05, 0) is 44.4 Å². The van der Waals surface area contributed by atoms with Crippen molar-refractivity contribution in [3.05, 3.63) is 34.3 Å². The molecule has 0 aromatic heterocycles. The number of amides is 1. The van der Waals surface area contributed by atoms with E-state index in [2.05, 4.69) is 5.32 Å². The molecule has 1 saturated heterocycles. The van der Waals surface area contributed by atoms with E-state index in [1.165, 1.54) is 11.2 Å². The molecule has 2 fully saturated rings. The molecule has 1 heterocycles. The average molecular weight is 508 g/mol. The van der Waals surface area contributed by atoms with Crippen LogP contribution in [0.15, 0.2) is 18.2 Å². The van der Waals surface area contributed by atoms with Crippen LogP contribution in [-0.2, 0) is 10.0 Å². The van der Waals surface area contributed by atoms with Gasteiger partial charge in [0.1, 0.15) is 0 Å². The van der Waals surface area contributed by atoms with Gasteiger partial charge in [-0.2, -0.15) is 4.31 Å². The zero-order valence-corrected chi connectivity index (χ0v) is 20.6. The molecule has 1 aliphatic carbocycles. The third-order valence-corrected chi connectivity index (χ3v) is 8.98. The van der Waals surface area contributed by atoms with Gasteiger partial charge in [-0.3, -0.25) is 9.69 Å². The van der Waals surface area contributed by atoms with Crippen LogP contribution in [0.3, 0.4) is 0 Å². The van der Waals surface area contributed by atoms with Gasteiger partial charge < -0.3 is 10.4 Å². The van der Waals surface area contributed by atoms with Crippen LogP contribution >= 0.6 is 11.6 Å². The minimum absolute atomic E-state index is 0.173. The van der Waals surface area contributed by atoms with Crippen LogP contribution in [0.1, 0.15) is 48.5 Å². The second kappa shape index (κ2) is 10.1. The molecule has 1 aliphatic heterocycles. The Hall–Kier alpha value is -1.33. The Labute approximate surface area is 199 Å². The summed E-state index contributed by atoms with van der Waals surface area (Å²) >= 11 is 6.21. The van der Waals surface area contributed by atoms with Crippen molar-refractivity contribution in [2.75, 3.05) is 38.5 Å². The van der Waals surface area contributed by atoms with Gasteiger partial charge >= 0.3 is 0 Å². The third-order valence-electron chi connectivity index (χ3n) is 6.61. The quantitative estimate of drug-likeness (QED) is 0.592. The summed E-state index contributed by atoms with van der Waals surface area (Å²) in [4.78, 5) is 14.8. The number of aliphatic hydroxyl groups excluding tert-OH is 1. The molecule has 2 N–H and O–H groups in total. The lowest BCUT2D eigenvalue weighted by atomic mass is 9.78. The lowest BCUT2D eigenvalue weighted by molar-refractivity contribution is -0.0856. The number of hydrogen-bond acceptors (Lipinski definition) is 5. The molecule has 0 bridgehead atoms. The lowest BCUT2D eigenvalue weighted by Crippen LogP contribution is -2.63. The molecular weight excluding hydrogens is 476 g/mol. The molecule has 11 heteroatoms. The maximum Gasteiger partial charge on any atom is 0.252 e. The maximum absolute atomic E-state index is 14.0. The van der Waals surface area contributed by atoms with E-state index in [1.807, 2.05) is 11.8 Å². The van der Waals surface area contributed by atoms with Crippen molar-refractivity contribution in [1.82, 2.24) is 14.5 Å². The van der Waals surface area contributed by atoms with Gasteiger partial charge in [0.2, 0.25) is 15.9 Å². The first-order chi connectivity index (χ1) is 15.3. The summed E-state index contributed by atoms with van der Waals surface area (Å²) < 4.78 is 54.2. The van der Waals surface area contributed by atoms with Crippen LogP contribution in [0.2, 0.25) is 5.02 Å². The van der Waals surface area contributed by atoms with Crippen LogP contribution < -0.4 is 5.32 Å². The Morgan fingerprint density at radius 1 is 1.18 bits per heavy atom. The average Bonchev–Trinajstić information content (AvgIpc) is 2.72. The topological polar surface area (TPSA) is 90.0 Å². The number of benzene rings is 1. The number of hydrogen-bond donors (Lipinski definition) is 2. The monoisotopic (exact) mass is 507 g/mol. The number of piperazine rings is 1. The summed E-state index contributed by atoms with van der Waals surface area (Å²) in [5.41, 5.74) is 0.563. The highest BCUT2D eigenvalue weighted by atomic mass is 35.5. The van der Waals surface area contributed by atoms with Gasteiger partial charge in [-0.1, -0.05) is 17.7 Å². The van der Waals surface area contributed by atoms with Crippen LogP contribution in [0.4, 0.5) is 8.78 Å². The Balaban J connectivity index is 1.72. The van der Waals surface area contributed by atoms with E-state index in [0.717, 1.165) is 5.56 Å². The minimum Gasteiger partial charge on any atom is -0.392 e. The van der Waals surface area contributed by atoms with Gasteiger partial charge in [-0.15, -0.1) is 0 Å². The fourth-order valence-electron chi connectivity index (χ4n) is 4.68. The molecule has 1 saturated carbocycles. The highest BCUT2D eigenvalue weighted by molar-refractivity contribution is 7.89. The fraction of sp³-hybridized carbons (Fsp3) is 0.682. The number of nitrogens with zero attached hydrogens (tertiary/aromatic N) is 2. The largest absolute Gasteiger partial charge is 0.392 e. The maximum atomic E-state index is 14.0. The normalized spacial score (nSPS) is 22.6. The molecule has 7 nitrogen and oxygen atoms in total. The molecule has 1 unspecified atom stereocenters. The van der Waals surface area contributed by atoms with Crippen molar-refractivity contribution < 1.29 is 27.1 Å². The van der Waals surface area contributed by atoms with E-state index in [4.69, 9.17) is 11.6 Å². The lowest BCUT2D eigenvalue weighted by Gasteiger charge is -2.50. The number of halogens is 3. The summed E-state index contributed by atoms with van der Waals surface area (Å²) in [5.74, 6) is -3.46. The molecule has 0 spiro atoms. The predicted octanol–water partition coefficient (Wildman–Crippen LogP) is 2.65. The summed E-state index contributed by atoms with van der Waals surface area (Å²) in [7, 11) is -3.59. The molecule has 2 aliphatic rings. The second-order valence-corrected chi connectivity index (χ2v) is 11.7. The summed E-state index contributed by atoms with van der Waals surface area (Å²) in [5, 5.41) is 12.7. The highest BCUT2D eigenvalue weighted by Gasteiger charge is 2.47. The Morgan fingerprint density at radius 3 is 2.33 bits per heavy atom. The number of carbonyl (C=O) groups is 1. The number of alkyl halides is 2. The zero-order valence-electron chi connectivity index (χ0n) is 19.0. The third kappa shape index (κ3) is 6.42. The SMILES string of the molecule is Cc1ccc(C(=O)NCC2(N3CCN(S(=O)(=O)CC(C)O)CC3)CCC(F)(F)CC2)c(Cl)c1. The minimum atomic E-state index is -3.59. The second-order valence-electron chi connectivity index (χ2n) is 9.26. The number of nitrogens with one attached hydrogen (secondary N) is 1. The van der Waals surface area contributed by atoms with Gasteiger partial charge in [0, 0.05) is 51.1 Å². The number of rotatable bonds is 7. The summed E-state index contributed by atoms with van der Waals surface area (Å²) in [6.07, 6.45) is -1.14. The summed E-state index contributed by atoms with van der Waals surface area (Å²) in [6.45, 7) is 4.62. The van der Waals surface area contributed by atoms with E-state index < -0.39 is 27.6 Å². The number of carbonyl (C=O) groups excluding carboxylic acids is 1. The van der Waals surface area contributed by atoms with E-state index in [-0.39, 0.29) is 57.0 Å². The molecule has 3 rings (SSSR count). The van der Waals surface area contributed by atoms with Gasteiger partial charge in [0.25, 0.3) is 5.91 Å². The molecule has 1 aromatic carbocycles. The Kier molecular flexibility index (Phi) is 8.05. The number of aliphatic hydroxyl groups is 1. The first-order valence-electron chi connectivity index (χ1n) is 11.2. The first-order valence-corrected chi connectivity index (χ1v) is 13.2. The van der Waals surface area contributed by atoms with E-state index in [9.17, 15) is 27.1 Å². The van der Waals surface area contributed by atoms with Crippen LogP contribution in [0.5, 0.6) is 0 Å². The van der Waals surface area contributed by atoms with Gasteiger partial charge in [-0.25, -0.2) is 17.2 Å². The van der Waals surface area contributed by atoms with Crippen LogP contribution in [0, 0.1) is 6.92 Å². The molecule has 0 radical (unpaired) electrons. The Bertz CT molecular complexity index is 956. The zero-order chi connectivity index (χ0) is 24.4. The van der Waals surface area contributed by atoms with Crippen molar-refractivity contribution in [3.8, 4) is 0 Å². The van der Waals surface area contributed by atoms with E-state index in [1.54, 1.807) is 18.2 Å². The summed E-state index contributed by atoms with van der Waals surface area (Å²) in [6, 6.07) is 5.12. The van der Waals surface area contributed by atoms with Crippen molar-refractivity contribution in [2.24, 2.45) is 0 Å². The first kappa shape index (κ1) is 26.3. The van der Waals surface area contributed by atoms with E-state index >= 15 is 0 Å². The highest BCUT2D eigenvalue weighted by Crippen LogP contribution is 2.42. The molecular formula is C22H32ClF2N3O4S. The fourth-order valence-corrected chi connectivity index (χ4v) is 6.54. The molecule has 186 valence electrons. The van der Waals surface area contributed by atoms with Crippen molar-refractivity contribution >= 4 is 27.5 Å². The van der Waals surface area contributed by atoms with Crippen LogP contribution in [-0.4, -0.2) is 84.7 Å². The number of sulfonamides is 1. The molecule has 1 amide bonds. The standard InChI is InChI=1S/C22H32ClF2N3O4S/c1-16-3-4-18(19(23)13-16)20(30)26-15-21(5-7-22(24,25)8-6-21)27-9-11-28(12-10-27)33(31,32)14-17(2)29/h3-4,13,17,29H,5-12,14-15H2,1-2H3,(H,26,30). The number of aryl methyl sites for hydroxylation is 1. The smallest absolute Gasteiger partial charge is 0.252 e. The van der Waals surface area contributed by atoms with E-state index in [0.29, 0.717) is 23.7 Å². The van der Waals surface area contributed by atoms with Gasteiger partial charge in [0.15, 0.2) is 0 Å². The Morgan fingerprint density at radius 2 is 1.79 bits per heavy atom.